The van der Waals surface area contributed by atoms with Gasteiger partial charge in [0.1, 0.15) is 5.75 Å². The summed E-state index contributed by atoms with van der Waals surface area (Å²) in [5, 5.41) is 10.3. The van der Waals surface area contributed by atoms with Gasteiger partial charge in [0.2, 0.25) is 10.0 Å². The van der Waals surface area contributed by atoms with Crippen molar-refractivity contribution in [1.29, 1.82) is 0 Å². The summed E-state index contributed by atoms with van der Waals surface area (Å²) < 4.78 is 47.6. The Balaban J connectivity index is 1.41. The molecule has 2 aliphatic carbocycles. The first-order chi connectivity index (χ1) is 22.5. The van der Waals surface area contributed by atoms with Crippen molar-refractivity contribution in [3.05, 3.63) is 70.3 Å². The molecule has 2 aromatic rings. The van der Waals surface area contributed by atoms with Crippen LogP contribution in [0.15, 0.2) is 48.6 Å². The molecule has 47 heavy (non-hydrogen) atoms. The van der Waals surface area contributed by atoms with Gasteiger partial charge in [0, 0.05) is 43.3 Å². The van der Waals surface area contributed by atoms with E-state index in [1.807, 2.05) is 19.1 Å². The minimum atomic E-state index is -4.18. The number of fused-ring (bicyclic) bond motifs is 4. The number of hydrogen-bond acceptors (Lipinski definition) is 8. The molecule has 2 bridgehead atoms. The topological polar surface area (TPSA) is 114 Å². The van der Waals surface area contributed by atoms with Gasteiger partial charge in [-0.05, 0) is 104 Å². The number of halogens is 1. The largest absolute Gasteiger partial charge is 0.490 e. The quantitative estimate of drug-likeness (QED) is 0.409. The summed E-state index contributed by atoms with van der Waals surface area (Å²) in [6, 6.07) is 11.4. The Morgan fingerprint density at radius 2 is 2.02 bits per heavy atom. The molecule has 7 atom stereocenters. The molecule has 0 saturated heterocycles. The summed E-state index contributed by atoms with van der Waals surface area (Å²) >= 11 is 6.42. The van der Waals surface area contributed by atoms with Crippen LogP contribution in [-0.4, -0.2) is 77.4 Å². The summed E-state index contributed by atoms with van der Waals surface area (Å²) in [7, 11) is -0.986. The van der Waals surface area contributed by atoms with Gasteiger partial charge in [-0.1, -0.05) is 36.7 Å². The molecule has 1 fully saturated rings. The number of ether oxygens (including phenoxy) is 3. The molecule has 1 spiro atoms. The zero-order valence-electron chi connectivity index (χ0n) is 27.5. The average molecular weight is 687 g/mol. The number of nitrogens with zero attached hydrogens (tertiary/aromatic N) is 1. The fraction of sp³-hybridized carbons (Fsp3) is 0.583. The lowest BCUT2D eigenvalue weighted by Crippen LogP contribution is -2.49. The van der Waals surface area contributed by atoms with E-state index < -0.39 is 27.3 Å². The third kappa shape index (κ3) is 7.08. The van der Waals surface area contributed by atoms with Gasteiger partial charge in [0.15, 0.2) is 0 Å². The van der Waals surface area contributed by atoms with Gasteiger partial charge in [0.05, 0.1) is 36.4 Å². The molecule has 2 aromatic carbocycles. The first-order valence-corrected chi connectivity index (χ1v) is 18.7. The Morgan fingerprint density at radius 3 is 2.77 bits per heavy atom. The van der Waals surface area contributed by atoms with E-state index in [-0.39, 0.29) is 36.0 Å². The molecular formula is C36H47ClN2O7S. The van der Waals surface area contributed by atoms with E-state index in [0.29, 0.717) is 37.2 Å². The number of carbonyl (C=O) groups is 1. The number of rotatable bonds is 5. The van der Waals surface area contributed by atoms with E-state index in [0.717, 1.165) is 49.4 Å². The number of carbonyl (C=O) groups excluding carboxylic acids is 1. The molecule has 2 aliphatic heterocycles. The van der Waals surface area contributed by atoms with Crippen LogP contribution in [0.25, 0.3) is 0 Å². The zero-order chi connectivity index (χ0) is 33.3. The molecule has 2 heterocycles. The van der Waals surface area contributed by atoms with Crippen molar-refractivity contribution in [2.45, 2.75) is 74.7 Å². The van der Waals surface area contributed by atoms with Crippen LogP contribution in [0.2, 0.25) is 5.02 Å². The number of aliphatic hydroxyl groups is 1. The number of anilines is 1. The summed E-state index contributed by atoms with van der Waals surface area (Å²) in [4.78, 5) is 16.0. The Morgan fingerprint density at radius 1 is 1.19 bits per heavy atom. The molecule has 256 valence electrons. The van der Waals surface area contributed by atoms with Crippen LogP contribution < -0.4 is 14.4 Å². The summed E-state index contributed by atoms with van der Waals surface area (Å²) in [5.74, 6) is 0.255. The first-order valence-electron chi connectivity index (χ1n) is 16.8. The standard InChI is InChI=1S/C36H47ClN2O7S/c1-23-6-4-8-32(45-3)29-12-9-26(29)19-39-21-36(15-5-7-24-16-27(37)11-13-30(24)36)22-46-33-14-10-25(17-31(33)39)35(41)38-47(42,43)34(23)18-28(40)20-44-2/h4,8,10-11,13-14,16-17,23,26,28-29,32,34,40H,5-7,9,12,15,18-22H2,1-3H3,(H,38,41)/b8-4+/t23-,26?,28-,29?,32-,34+,36-/m0/s1. The van der Waals surface area contributed by atoms with Gasteiger partial charge in [-0.3, -0.25) is 4.79 Å². The molecule has 0 radical (unpaired) electrons. The maximum atomic E-state index is 13.8. The first kappa shape index (κ1) is 34.2. The Bertz CT molecular complexity index is 1600. The SMILES string of the molecule is COC[C@@H](O)C[C@@H]1[C@@H](C)C/C=C/[C@H](OC)C2CCC2CN2C[C@@]3(CCCc4cc(Cl)ccc43)COc3ccc(cc32)C(=O)NS1(=O)=O. The number of nitrogens with one attached hydrogen (secondary N) is 1. The molecule has 11 heteroatoms. The number of amides is 1. The molecular weight excluding hydrogens is 640 g/mol. The van der Waals surface area contributed by atoms with Gasteiger partial charge in [-0.15, -0.1) is 0 Å². The second-order valence-corrected chi connectivity index (χ2v) is 16.3. The smallest absolute Gasteiger partial charge is 0.264 e. The minimum absolute atomic E-state index is 0.00297. The molecule has 6 rings (SSSR count). The van der Waals surface area contributed by atoms with E-state index in [1.54, 1.807) is 25.3 Å². The molecule has 0 aromatic heterocycles. The fourth-order valence-electron chi connectivity index (χ4n) is 8.22. The van der Waals surface area contributed by atoms with Crippen LogP contribution in [0.1, 0.15) is 66.9 Å². The van der Waals surface area contributed by atoms with E-state index in [2.05, 4.69) is 27.8 Å². The summed E-state index contributed by atoms with van der Waals surface area (Å²) in [5.41, 5.74) is 3.27. The maximum absolute atomic E-state index is 13.8. The number of benzene rings is 2. The third-order valence-electron chi connectivity index (χ3n) is 10.9. The van der Waals surface area contributed by atoms with Gasteiger partial charge in [-0.25, -0.2) is 13.1 Å². The summed E-state index contributed by atoms with van der Waals surface area (Å²) in [6.45, 7) is 3.79. The second kappa shape index (κ2) is 14.1. The lowest BCUT2D eigenvalue weighted by molar-refractivity contribution is 0.0131. The predicted molar refractivity (Wildman–Crippen MR) is 183 cm³/mol. The number of allylic oxidation sites excluding steroid dienone is 1. The van der Waals surface area contributed by atoms with Crippen LogP contribution in [0.3, 0.4) is 0 Å². The van der Waals surface area contributed by atoms with Crippen molar-refractivity contribution in [3.63, 3.8) is 0 Å². The number of methoxy groups -OCH3 is 2. The average Bonchev–Trinajstić information content (AvgIpc) is 3.17. The Hall–Kier alpha value is -2.63. The fourth-order valence-corrected chi connectivity index (χ4v) is 10.1. The van der Waals surface area contributed by atoms with E-state index in [1.165, 1.54) is 18.2 Å². The lowest BCUT2D eigenvalue weighted by Gasteiger charge is -2.46. The van der Waals surface area contributed by atoms with Gasteiger partial charge in [-0.2, -0.15) is 0 Å². The van der Waals surface area contributed by atoms with Gasteiger partial charge in [0.25, 0.3) is 5.91 Å². The lowest BCUT2D eigenvalue weighted by atomic mass is 9.68. The Kier molecular flexibility index (Phi) is 10.3. The number of aryl methyl sites for hydroxylation is 1. The highest BCUT2D eigenvalue weighted by atomic mass is 35.5. The highest BCUT2D eigenvalue weighted by Crippen LogP contribution is 2.47. The van der Waals surface area contributed by atoms with Crippen molar-refractivity contribution in [2.75, 3.05) is 45.4 Å². The number of hydrogen-bond donors (Lipinski definition) is 2. The van der Waals surface area contributed by atoms with Crippen molar-refractivity contribution in [1.82, 2.24) is 4.72 Å². The molecule has 2 N–H and O–H groups in total. The predicted octanol–water partition coefficient (Wildman–Crippen LogP) is 5.28. The van der Waals surface area contributed by atoms with Crippen LogP contribution in [-0.2, 0) is 31.3 Å². The molecule has 2 unspecified atom stereocenters. The highest BCUT2D eigenvalue weighted by Gasteiger charge is 2.44. The van der Waals surface area contributed by atoms with Crippen molar-refractivity contribution < 1.29 is 32.5 Å². The van der Waals surface area contributed by atoms with Crippen molar-refractivity contribution in [2.24, 2.45) is 17.8 Å². The van der Waals surface area contributed by atoms with Crippen LogP contribution in [0.4, 0.5) is 5.69 Å². The van der Waals surface area contributed by atoms with Crippen LogP contribution in [0.5, 0.6) is 5.75 Å². The van der Waals surface area contributed by atoms with E-state index >= 15 is 0 Å². The molecule has 9 nitrogen and oxygen atoms in total. The van der Waals surface area contributed by atoms with Crippen LogP contribution in [0, 0.1) is 17.8 Å². The van der Waals surface area contributed by atoms with Crippen molar-refractivity contribution in [3.8, 4) is 5.75 Å². The zero-order valence-corrected chi connectivity index (χ0v) is 29.1. The molecule has 1 amide bonds. The second-order valence-electron chi connectivity index (χ2n) is 14.0. The van der Waals surface area contributed by atoms with Gasteiger partial charge < -0.3 is 24.2 Å². The maximum Gasteiger partial charge on any atom is 0.264 e. The highest BCUT2D eigenvalue weighted by molar-refractivity contribution is 7.90. The van der Waals surface area contributed by atoms with Crippen LogP contribution >= 0.6 is 11.6 Å². The molecule has 1 saturated carbocycles. The number of sulfonamides is 1. The van der Waals surface area contributed by atoms with E-state index in [4.69, 9.17) is 25.8 Å². The normalized spacial score (nSPS) is 31.7. The van der Waals surface area contributed by atoms with Gasteiger partial charge >= 0.3 is 0 Å². The third-order valence-corrected chi connectivity index (χ3v) is 13.0. The van der Waals surface area contributed by atoms with Crippen molar-refractivity contribution >= 4 is 33.2 Å². The monoisotopic (exact) mass is 686 g/mol. The number of aliphatic hydroxyl groups excluding tert-OH is 1. The Labute approximate surface area is 283 Å². The minimum Gasteiger partial charge on any atom is -0.490 e. The molecule has 4 aliphatic rings. The summed E-state index contributed by atoms with van der Waals surface area (Å²) in [6.07, 6.45) is 8.39. The van der Waals surface area contributed by atoms with E-state index in [9.17, 15) is 18.3 Å².